The van der Waals surface area contributed by atoms with Crippen molar-refractivity contribution in [3.63, 3.8) is 0 Å². The van der Waals surface area contributed by atoms with Crippen LogP contribution in [0.1, 0.15) is 50.0 Å². The van der Waals surface area contributed by atoms with Crippen LogP contribution in [0.15, 0.2) is 42.0 Å². The molecule has 2 radical (unpaired) electrons. The number of thiazole rings is 1. The molecule has 2 aromatic heterocycles. The number of Topliss-reactive ketones (excluding diaryl/α,β-unsaturated/α-hetero) is 2. The average molecular weight is 436 g/mol. The highest BCUT2D eigenvalue weighted by atomic mass is 32.1. The third kappa shape index (κ3) is 3.09. The molecule has 0 saturated carbocycles. The summed E-state index contributed by atoms with van der Waals surface area (Å²) >= 11 is 1.64. The molecule has 5 rings (SSSR count). The van der Waals surface area contributed by atoms with Gasteiger partial charge < -0.3 is 4.57 Å². The number of benzene rings is 2. The fraction of sp³-hybridized carbons (Fsp3) is 0.192. The lowest BCUT2D eigenvalue weighted by molar-refractivity contribution is 0.0990. The number of aryl methyl sites for hydroxylation is 4. The molecule has 0 amide bonds. The average Bonchev–Trinajstić information content (AvgIpc) is 3.33. The zero-order chi connectivity index (χ0) is 22.7. The Hall–Kier alpha value is -3.25. The lowest BCUT2D eigenvalue weighted by Crippen LogP contribution is -2.05. The summed E-state index contributed by atoms with van der Waals surface area (Å²) in [6.07, 6.45) is 1.70. The van der Waals surface area contributed by atoms with Crippen LogP contribution in [0.2, 0.25) is 0 Å². The molecule has 1 aliphatic rings. The molecule has 4 nitrogen and oxygen atoms in total. The van der Waals surface area contributed by atoms with Crippen LogP contribution in [-0.2, 0) is 6.54 Å². The van der Waals surface area contributed by atoms with Gasteiger partial charge in [0, 0.05) is 28.9 Å². The van der Waals surface area contributed by atoms with Crippen LogP contribution in [-0.4, -0.2) is 29.0 Å². The van der Waals surface area contributed by atoms with Crippen molar-refractivity contribution in [2.24, 2.45) is 0 Å². The number of nitrogens with zero attached hydrogens (tertiary/aromatic N) is 2. The molecule has 2 aromatic carbocycles. The van der Waals surface area contributed by atoms with Gasteiger partial charge in [0.1, 0.15) is 12.9 Å². The predicted molar refractivity (Wildman–Crippen MR) is 131 cm³/mol. The van der Waals surface area contributed by atoms with Crippen molar-refractivity contribution < 1.29 is 9.59 Å². The van der Waals surface area contributed by atoms with E-state index in [1.54, 1.807) is 35.6 Å². The molecule has 0 fully saturated rings. The third-order valence-electron chi connectivity index (χ3n) is 6.00. The summed E-state index contributed by atoms with van der Waals surface area (Å²) in [7, 11) is 5.82. The topological polar surface area (TPSA) is 52.0 Å². The molecule has 0 N–H and O–H groups in total. The number of fused-ring (bicyclic) bond motifs is 2. The van der Waals surface area contributed by atoms with Crippen LogP contribution in [0.25, 0.3) is 27.0 Å². The van der Waals surface area contributed by atoms with Crippen molar-refractivity contribution in [2.45, 2.75) is 34.2 Å². The highest BCUT2D eigenvalue weighted by Crippen LogP contribution is 2.37. The minimum Gasteiger partial charge on any atom is -0.325 e. The summed E-state index contributed by atoms with van der Waals surface area (Å²) in [5, 5.41) is 0.988. The Bertz CT molecular complexity index is 1470. The second-order valence-corrected chi connectivity index (χ2v) is 9.35. The summed E-state index contributed by atoms with van der Waals surface area (Å²) < 4.78 is 3.09. The molecule has 156 valence electrons. The van der Waals surface area contributed by atoms with Crippen molar-refractivity contribution >= 4 is 52.6 Å². The van der Waals surface area contributed by atoms with Gasteiger partial charge in [-0.1, -0.05) is 41.4 Å². The lowest BCUT2D eigenvalue weighted by atomic mass is 9.93. The SMILES string of the molecule is [B]c1ccc2c(c1)C(=O)/C(=C\c1cc3sc(-c4c(C)cc(C)cc4C)nc3n1CC)C2=O. The van der Waals surface area contributed by atoms with Gasteiger partial charge >= 0.3 is 0 Å². The van der Waals surface area contributed by atoms with E-state index in [0.29, 0.717) is 23.1 Å². The van der Waals surface area contributed by atoms with Crippen LogP contribution in [0.4, 0.5) is 0 Å². The summed E-state index contributed by atoms with van der Waals surface area (Å²) in [4.78, 5) is 30.7. The quantitative estimate of drug-likeness (QED) is 0.259. The fourth-order valence-electron chi connectivity index (χ4n) is 4.64. The van der Waals surface area contributed by atoms with Crippen LogP contribution >= 0.6 is 11.3 Å². The number of rotatable bonds is 3. The summed E-state index contributed by atoms with van der Waals surface area (Å²) in [5.41, 5.74) is 7.96. The Morgan fingerprint density at radius 1 is 1.00 bits per heavy atom. The molecule has 6 heteroatoms. The fourth-order valence-corrected chi connectivity index (χ4v) is 5.83. The van der Waals surface area contributed by atoms with Crippen LogP contribution in [0.5, 0.6) is 0 Å². The zero-order valence-electron chi connectivity index (χ0n) is 18.4. The molecule has 0 spiro atoms. The van der Waals surface area contributed by atoms with Crippen LogP contribution in [0.3, 0.4) is 0 Å². The van der Waals surface area contributed by atoms with Gasteiger partial charge in [-0.3, -0.25) is 9.59 Å². The molecule has 32 heavy (non-hydrogen) atoms. The summed E-state index contributed by atoms with van der Waals surface area (Å²) in [6, 6.07) is 11.2. The molecule has 0 atom stereocenters. The zero-order valence-corrected chi connectivity index (χ0v) is 19.3. The van der Waals surface area contributed by atoms with E-state index >= 15 is 0 Å². The van der Waals surface area contributed by atoms with Crippen LogP contribution in [0, 0.1) is 20.8 Å². The number of aromatic nitrogens is 2. The first-order chi connectivity index (χ1) is 15.3. The molecule has 1 aliphatic carbocycles. The molecule has 4 aromatic rings. The maximum Gasteiger partial charge on any atom is 0.197 e. The first-order valence-electron chi connectivity index (χ1n) is 10.6. The number of ketones is 2. The predicted octanol–water partition coefficient (Wildman–Crippen LogP) is 4.97. The maximum absolute atomic E-state index is 12.9. The van der Waals surface area contributed by atoms with E-state index in [2.05, 4.69) is 37.5 Å². The second-order valence-electron chi connectivity index (χ2n) is 8.32. The van der Waals surface area contributed by atoms with Crippen molar-refractivity contribution in [2.75, 3.05) is 0 Å². The van der Waals surface area contributed by atoms with E-state index < -0.39 is 0 Å². The van der Waals surface area contributed by atoms with E-state index in [9.17, 15) is 9.59 Å². The van der Waals surface area contributed by atoms with Gasteiger partial charge in [0.15, 0.2) is 17.2 Å². The van der Waals surface area contributed by atoms with Gasteiger partial charge in [-0.05, 0) is 51.0 Å². The van der Waals surface area contributed by atoms with Gasteiger partial charge in [-0.2, -0.15) is 0 Å². The molecule has 0 aliphatic heterocycles. The Balaban J connectivity index is 1.61. The molecule has 2 heterocycles. The van der Waals surface area contributed by atoms with E-state index in [0.717, 1.165) is 21.0 Å². The minimum atomic E-state index is -0.274. The van der Waals surface area contributed by atoms with E-state index in [-0.39, 0.29) is 17.1 Å². The molecule has 0 unspecified atom stereocenters. The van der Waals surface area contributed by atoms with Gasteiger partial charge in [-0.25, -0.2) is 4.98 Å². The first-order valence-corrected chi connectivity index (χ1v) is 11.4. The summed E-state index contributed by atoms with van der Waals surface area (Å²) in [6.45, 7) is 9.06. The number of carbonyl (C=O) groups is 2. The number of allylic oxidation sites excluding steroid dienone is 1. The highest BCUT2D eigenvalue weighted by molar-refractivity contribution is 7.21. The number of carbonyl (C=O) groups excluding carboxylic acids is 2. The third-order valence-corrected chi connectivity index (χ3v) is 7.01. The molecule has 0 bridgehead atoms. The largest absolute Gasteiger partial charge is 0.325 e. The maximum atomic E-state index is 12.9. The van der Waals surface area contributed by atoms with Gasteiger partial charge in [-0.15, -0.1) is 11.3 Å². The minimum absolute atomic E-state index is 0.177. The Morgan fingerprint density at radius 2 is 1.69 bits per heavy atom. The Kier molecular flexibility index (Phi) is 4.79. The first kappa shape index (κ1) is 20.6. The number of hydrogen-bond acceptors (Lipinski definition) is 4. The number of hydrogen-bond donors (Lipinski definition) is 0. The molecule has 0 saturated heterocycles. The van der Waals surface area contributed by atoms with E-state index in [1.165, 1.54) is 22.3 Å². The van der Waals surface area contributed by atoms with Gasteiger partial charge in [0.25, 0.3) is 0 Å². The summed E-state index contributed by atoms with van der Waals surface area (Å²) in [5.74, 6) is -0.527. The van der Waals surface area contributed by atoms with E-state index in [1.807, 2.05) is 13.0 Å². The molecular formula is C26H21BN2O2S. The van der Waals surface area contributed by atoms with Gasteiger partial charge in [0.05, 0.1) is 10.3 Å². The normalized spacial score (nSPS) is 14.7. The van der Waals surface area contributed by atoms with Gasteiger partial charge in [0.2, 0.25) is 0 Å². The van der Waals surface area contributed by atoms with E-state index in [4.69, 9.17) is 12.8 Å². The van der Waals surface area contributed by atoms with Crippen molar-refractivity contribution in [1.82, 2.24) is 9.55 Å². The smallest absolute Gasteiger partial charge is 0.197 e. The van der Waals surface area contributed by atoms with Crippen LogP contribution < -0.4 is 5.46 Å². The molecular weight excluding hydrogens is 415 g/mol. The highest BCUT2D eigenvalue weighted by Gasteiger charge is 2.33. The lowest BCUT2D eigenvalue weighted by Gasteiger charge is -2.08. The Morgan fingerprint density at radius 3 is 2.38 bits per heavy atom. The standard InChI is InChI=1S/C26H21BN2O2S/c1-5-29-17(11-20-23(30)18-7-6-16(27)10-19(18)24(20)31)12-21-25(29)28-26(32-21)22-14(3)8-13(2)9-15(22)4/h6-12H,5H2,1-4H3/b20-11-. The van der Waals surface area contributed by atoms with Crippen molar-refractivity contribution in [3.05, 3.63) is 75.5 Å². The monoisotopic (exact) mass is 436 g/mol. The van der Waals surface area contributed by atoms with Crippen molar-refractivity contribution in [3.8, 4) is 10.6 Å². The Labute approximate surface area is 192 Å². The second kappa shape index (κ2) is 7.42. The van der Waals surface area contributed by atoms with Crippen molar-refractivity contribution in [1.29, 1.82) is 0 Å².